The van der Waals surface area contributed by atoms with E-state index in [2.05, 4.69) is 23.3 Å². The molecule has 4 rings (SSSR count). The van der Waals surface area contributed by atoms with E-state index >= 15 is 0 Å². The van der Waals surface area contributed by atoms with E-state index in [9.17, 15) is 4.79 Å². The van der Waals surface area contributed by atoms with Crippen LogP contribution in [0.2, 0.25) is 0 Å². The lowest BCUT2D eigenvalue weighted by Crippen LogP contribution is -2.14. The van der Waals surface area contributed by atoms with Gasteiger partial charge in [0.2, 0.25) is 5.91 Å². The van der Waals surface area contributed by atoms with Crippen molar-refractivity contribution in [2.75, 3.05) is 5.32 Å². The number of hydrogen-bond acceptors (Lipinski definition) is 4. The second-order valence-electron chi connectivity index (χ2n) is 6.56. The standard InChI is InChI=1S/C21H20N2O3/c1-4-21-23-17-10-15(5-6-18(17)26-21)22-20(24)9-14-11-25-19-8-13(3)12(2)7-16(14)19/h5-8,10-11H,4,9H2,1-3H3,(H,22,24). The van der Waals surface area contributed by atoms with E-state index in [0.717, 1.165) is 34.1 Å². The number of aryl methyl sites for hydroxylation is 3. The topological polar surface area (TPSA) is 68.3 Å². The number of fused-ring (bicyclic) bond motifs is 2. The molecule has 0 unspecified atom stereocenters. The summed E-state index contributed by atoms with van der Waals surface area (Å²) >= 11 is 0. The monoisotopic (exact) mass is 348 g/mol. The Morgan fingerprint density at radius 3 is 2.73 bits per heavy atom. The molecule has 132 valence electrons. The van der Waals surface area contributed by atoms with Crippen molar-refractivity contribution in [3.63, 3.8) is 0 Å². The van der Waals surface area contributed by atoms with Crippen LogP contribution >= 0.6 is 0 Å². The van der Waals surface area contributed by atoms with Gasteiger partial charge in [-0.15, -0.1) is 0 Å². The van der Waals surface area contributed by atoms with E-state index in [4.69, 9.17) is 8.83 Å². The van der Waals surface area contributed by atoms with Gasteiger partial charge < -0.3 is 14.2 Å². The summed E-state index contributed by atoms with van der Waals surface area (Å²) < 4.78 is 11.2. The number of anilines is 1. The van der Waals surface area contributed by atoms with Crippen molar-refractivity contribution in [1.82, 2.24) is 4.98 Å². The van der Waals surface area contributed by atoms with Gasteiger partial charge in [0.1, 0.15) is 11.1 Å². The summed E-state index contributed by atoms with van der Waals surface area (Å²) in [5.74, 6) is 0.600. The number of furan rings is 1. The van der Waals surface area contributed by atoms with Crippen LogP contribution in [-0.2, 0) is 17.6 Å². The summed E-state index contributed by atoms with van der Waals surface area (Å²) in [4.78, 5) is 16.9. The smallest absolute Gasteiger partial charge is 0.228 e. The molecule has 1 N–H and O–H groups in total. The van der Waals surface area contributed by atoms with Crippen molar-refractivity contribution in [2.45, 2.75) is 33.6 Å². The predicted octanol–water partition coefficient (Wildman–Crippen LogP) is 4.93. The molecule has 4 aromatic rings. The van der Waals surface area contributed by atoms with Gasteiger partial charge in [0.05, 0.1) is 12.7 Å². The Labute approximate surface area is 151 Å². The molecule has 5 heteroatoms. The lowest BCUT2D eigenvalue weighted by Gasteiger charge is -2.05. The number of oxazole rings is 1. The molecule has 0 aliphatic carbocycles. The van der Waals surface area contributed by atoms with Crippen LogP contribution in [0, 0.1) is 13.8 Å². The number of aromatic nitrogens is 1. The van der Waals surface area contributed by atoms with Gasteiger partial charge in [-0.05, 0) is 55.3 Å². The molecule has 0 aliphatic heterocycles. The third-order valence-corrected chi connectivity index (χ3v) is 4.64. The van der Waals surface area contributed by atoms with E-state index in [1.807, 2.05) is 38.1 Å². The van der Waals surface area contributed by atoms with Crippen LogP contribution in [0.1, 0.15) is 29.5 Å². The second-order valence-corrected chi connectivity index (χ2v) is 6.56. The minimum absolute atomic E-state index is 0.0931. The van der Waals surface area contributed by atoms with Gasteiger partial charge in [-0.25, -0.2) is 4.98 Å². The maximum Gasteiger partial charge on any atom is 0.228 e. The average molecular weight is 348 g/mol. The van der Waals surface area contributed by atoms with Gasteiger partial charge in [-0.2, -0.15) is 0 Å². The first-order valence-corrected chi connectivity index (χ1v) is 8.70. The fourth-order valence-corrected chi connectivity index (χ4v) is 3.06. The highest BCUT2D eigenvalue weighted by molar-refractivity contribution is 5.96. The Hall–Kier alpha value is -3.08. The first-order chi connectivity index (χ1) is 12.5. The summed E-state index contributed by atoms with van der Waals surface area (Å²) in [7, 11) is 0. The minimum atomic E-state index is -0.0931. The summed E-state index contributed by atoms with van der Waals surface area (Å²) in [5, 5.41) is 3.92. The maximum absolute atomic E-state index is 12.5. The highest BCUT2D eigenvalue weighted by atomic mass is 16.3. The number of nitrogens with one attached hydrogen (secondary N) is 1. The third-order valence-electron chi connectivity index (χ3n) is 4.64. The molecule has 0 saturated carbocycles. The molecule has 5 nitrogen and oxygen atoms in total. The molecule has 2 aromatic heterocycles. The molecule has 2 aromatic carbocycles. The molecule has 0 bridgehead atoms. The Morgan fingerprint density at radius 1 is 1.12 bits per heavy atom. The molecule has 0 radical (unpaired) electrons. The number of rotatable bonds is 4. The van der Waals surface area contributed by atoms with Gasteiger partial charge in [0.15, 0.2) is 11.5 Å². The average Bonchev–Trinajstić information content (AvgIpc) is 3.19. The van der Waals surface area contributed by atoms with Crippen LogP contribution in [0.25, 0.3) is 22.1 Å². The minimum Gasteiger partial charge on any atom is -0.464 e. The van der Waals surface area contributed by atoms with Crippen molar-refractivity contribution >= 4 is 33.7 Å². The van der Waals surface area contributed by atoms with Crippen LogP contribution in [0.3, 0.4) is 0 Å². The number of benzene rings is 2. The highest BCUT2D eigenvalue weighted by Crippen LogP contribution is 2.26. The van der Waals surface area contributed by atoms with Crippen LogP contribution in [0.5, 0.6) is 0 Å². The maximum atomic E-state index is 12.5. The summed E-state index contributed by atoms with van der Waals surface area (Å²) in [6, 6.07) is 9.57. The molecule has 0 aliphatic rings. The first kappa shape index (κ1) is 16.4. The summed E-state index contributed by atoms with van der Waals surface area (Å²) in [6.45, 7) is 6.10. The van der Waals surface area contributed by atoms with E-state index in [0.29, 0.717) is 11.6 Å². The third kappa shape index (κ3) is 2.96. The Balaban J connectivity index is 1.54. The number of carbonyl (C=O) groups is 1. The predicted molar refractivity (Wildman–Crippen MR) is 101 cm³/mol. The van der Waals surface area contributed by atoms with Crippen molar-refractivity contribution in [3.8, 4) is 0 Å². The Kier molecular flexibility index (Phi) is 3.99. The second kappa shape index (κ2) is 6.33. The van der Waals surface area contributed by atoms with Gasteiger partial charge in [0.25, 0.3) is 0 Å². The number of hydrogen-bond donors (Lipinski definition) is 1. The van der Waals surface area contributed by atoms with E-state index in [1.165, 1.54) is 11.1 Å². The molecular weight excluding hydrogens is 328 g/mol. The van der Waals surface area contributed by atoms with Crippen molar-refractivity contribution < 1.29 is 13.6 Å². The summed E-state index contributed by atoms with van der Waals surface area (Å²) in [5.41, 5.74) is 6.24. The molecule has 26 heavy (non-hydrogen) atoms. The fourth-order valence-electron chi connectivity index (χ4n) is 3.06. The summed E-state index contributed by atoms with van der Waals surface area (Å²) in [6.07, 6.45) is 2.66. The van der Waals surface area contributed by atoms with Crippen molar-refractivity contribution in [3.05, 3.63) is 59.2 Å². The molecule has 0 atom stereocenters. The van der Waals surface area contributed by atoms with Crippen molar-refractivity contribution in [2.24, 2.45) is 0 Å². The van der Waals surface area contributed by atoms with Crippen LogP contribution in [0.15, 0.2) is 45.4 Å². The van der Waals surface area contributed by atoms with Gasteiger partial charge in [-0.3, -0.25) is 4.79 Å². The molecule has 1 amide bonds. The van der Waals surface area contributed by atoms with Gasteiger partial charge in [-0.1, -0.05) is 6.92 Å². The lowest BCUT2D eigenvalue weighted by atomic mass is 10.0. The van der Waals surface area contributed by atoms with Crippen LogP contribution < -0.4 is 5.32 Å². The molecule has 2 heterocycles. The van der Waals surface area contributed by atoms with E-state index in [-0.39, 0.29) is 12.3 Å². The quantitative estimate of drug-likeness (QED) is 0.567. The normalized spacial score (nSPS) is 11.3. The molecule has 0 saturated heterocycles. The van der Waals surface area contributed by atoms with Gasteiger partial charge in [0, 0.05) is 23.1 Å². The lowest BCUT2D eigenvalue weighted by molar-refractivity contribution is -0.115. The largest absolute Gasteiger partial charge is 0.464 e. The zero-order valence-electron chi connectivity index (χ0n) is 15.1. The number of carbonyl (C=O) groups excluding carboxylic acids is 1. The molecule has 0 fully saturated rings. The molecular formula is C21H20N2O3. The molecule has 0 spiro atoms. The van der Waals surface area contributed by atoms with E-state index in [1.54, 1.807) is 6.26 Å². The zero-order chi connectivity index (χ0) is 18.3. The van der Waals surface area contributed by atoms with E-state index < -0.39 is 0 Å². The fraction of sp³-hybridized carbons (Fsp3) is 0.238. The SMILES string of the molecule is CCc1nc2cc(NC(=O)Cc3coc4cc(C)c(C)cc34)ccc2o1. The van der Waals surface area contributed by atoms with Gasteiger partial charge >= 0.3 is 0 Å². The Bertz CT molecular complexity index is 1120. The first-order valence-electron chi connectivity index (χ1n) is 8.70. The number of amides is 1. The van der Waals surface area contributed by atoms with Crippen molar-refractivity contribution in [1.29, 1.82) is 0 Å². The highest BCUT2D eigenvalue weighted by Gasteiger charge is 2.13. The van der Waals surface area contributed by atoms with Crippen LogP contribution in [0.4, 0.5) is 5.69 Å². The number of nitrogens with zero attached hydrogens (tertiary/aromatic N) is 1. The zero-order valence-corrected chi connectivity index (χ0v) is 15.1. The Morgan fingerprint density at radius 2 is 1.92 bits per heavy atom. The van der Waals surface area contributed by atoms with Crippen LogP contribution in [-0.4, -0.2) is 10.9 Å².